The van der Waals surface area contributed by atoms with Gasteiger partial charge >= 0.3 is 0 Å². The van der Waals surface area contributed by atoms with E-state index in [1.54, 1.807) is 13.0 Å². The summed E-state index contributed by atoms with van der Waals surface area (Å²) >= 11 is 0. The molecule has 0 aliphatic rings. The molecule has 1 N–H and O–H groups in total. The first-order valence-electron chi connectivity index (χ1n) is 4.10. The molecule has 12 heavy (non-hydrogen) atoms. The van der Waals surface area contributed by atoms with Crippen LogP contribution in [0.1, 0.15) is 13.8 Å². The molecule has 0 saturated heterocycles. The maximum atomic E-state index is 10.6. The minimum atomic E-state index is 0.0878. The van der Waals surface area contributed by atoms with Crippen molar-refractivity contribution in [2.75, 3.05) is 27.2 Å². The molecule has 0 atom stereocenters. The van der Waals surface area contributed by atoms with Gasteiger partial charge in [0, 0.05) is 18.8 Å². The van der Waals surface area contributed by atoms with Crippen LogP contribution in [0.25, 0.3) is 0 Å². The van der Waals surface area contributed by atoms with E-state index in [9.17, 15) is 4.79 Å². The molecule has 0 fully saturated rings. The monoisotopic (exact) mass is 170 g/mol. The Bertz CT molecular complexity index is 173. The van der Waals surface area contributed by atoms with Gasteiger partial charge in [-0.25, -0.2) is 0 Å². The van der Waals surface area contributed by atoms with Crippen LogP contribution in [0.2, 0.25) is 0 Å². The number of ketones is 1. The van der Waals surface area contributed by atoms with E-state index in [1.165, 1.54) is 0 Å². The zero-order valence-electron chi connectivity index (χ0n) is 8.35. The largest absolute Gasteiger partial charge is 0.387 e. The number of rotatable bonds is 5. The SMILES string of the molecule is CC(=O)/C=C(/C)NCCN(C)C. The Balaban J connectivity index is 3.57. The second kappa shape index (κ2) is 5.77. The van der Waals surface area contributed by atoms with Crippen molar-refractivity contribution in [3.63, 3.8) is 0 Å². The number of nitrogens with zero attached hydrogens (tertiary/aromatic N) is 1. The van der Waals surface area contributed by atoms with Crippen molar-refractivity contribution in [3.8, 4) is 0 Å². The van der Waals surface area contributed by atoms with Gasteiger partial charge in [0.1, 0.15) is 0 Å². The van der Waals surface area contributed by atoms with E-state index in [1.807, 2.05) is 21.0 Å². The molecule has 0 rings (SSSR count). The van der Waals surface area contributed by atoms with E-state index in [4.69, 9.17) is 0 Å². The molecule has 0 amide bonds. The summed E-state index contributed by atoms with van der Waals surface area (Å²) in [6.07, 6.45) is 1.61. The Morgan fingerprint density at radius 3 is 2.42 bits per heavy atom. The van der Waals surface area contributed by atoms with Crippen LogP contribution in [0.5, 0.6) is 0 Å². The fourth-order valence-corrected chi connectivity index (χ4v) is 0.833. The van der Waals surface area contributed by atoms with Crippen LogP contribution in [0, 0.1) is 0 Å². The third-order valence-electron chi connectivity index (χ3n) is 1.38. The number of hydrogen-bond donors (Lipinski definition) is 1. The van der Waals surface area contributed by atoms with Gasteiger partial charge < -0.3 is 10.2 Å². The first kappa shape index (κ1) is 11.2. The van der Waals surface area contributed by atoms with Crippen molar-refractivity contribution in [1.82, 2.24) is 10.2 Å². The van der Waals surface area contributed by atoms with Gasteiger partial charge in [0.15, 0.2) is 5.78 Å². The maximum Gasteiger partial charge on any atom is 0.154 e. The number of likely N-dealkylation sites (N-methyl/N-ethyl adjacent to an activating group) is 1. The Morgan fingerprint density at radius 2 is 2.00 bits per heavy atom. The van der Waals surface area contributed by atoms with Crippen molar-refractivity contribution in [2.45, 2.75) is 13.8 Å². The summed E-state index contributed by atoms with van der Waals surface area (Å²) in [7, 11) is 4.04. The molecular weight excluding hydrogens is 152 g/mol. The zero-order valence-corrected chi connectivity index (χ0v) is 8.35. The quantitative estimate of drug-likeness (QED) is 0.614. The highest BCUT2D eigenvalue weighted by molar-refractivity contribution is 5.87. The van der Waals surface area contributed by atoms with Gasteiger partial charge in [-0.3, -0.25) is 4.79 Å². The predicted molar refractivity (Wildman–Crippen MR) is 51.0 cm³/mol. The van der Waals surface area contributed by atoms with Gasteiger partial charge in [-0.2, -0.15) is 0 Å². The average Bonchev–Trinajstić information content (AvgIpc) is 1.84. The van der Waals surface area contributed by atoms with Gasteiger partial charge in [0.05, 0.1) is 0 Å². The third-order valence-corrected chi connectivity index (χ3v) is 1.38. The number of hydrogen-bond acceptors (Lipinski definition) is 3. The van der Waals surface area contributed by atoms with Crippen molar-refractivity contribution in [3.05, 3.63) is 11.8 Å². The first-order valence-corrected chi connectivity index (χ1v) is 4.10. The predicted octanol–water partition coefficient (Wildman–Crippen LogP) is 0.630. The van der Waals surface area contributed by atoms with Gasteiger partial charge in [0.2, 0.25) is 0 Å². The van der Waals surface area contributed by atoms with E-state index >= 15 is 0 Å². The van der Waals surface area contributed by atoms with Crippen LogP contribution in [-0.4, -0.2) is 37.9 Å². The van der Waals surface area contributed by atoms with Crippen LogP contribution in [0.3, 0.4) is 0 Å². The summed E-state index contributed by atoms with van der Waals surface area (Å²) in [4.78, 5) is 12.7. The van der Waals surface area contributed by atoms with Gasteiger partial charge in [-0.05, 0) is 34.0 Å². The van der Waals surface area contributed by atoms with Gasteiger partial charge in [-0.15, -0.1) is 0 Å². The lowest BCUT2D eigenvalue weighted by atomic mass is 10.3. The standard InChI is InChI=1S/C9H18N2O/c1-8(7-9(2)12)10-5-6-11(3)4/h7,10H,5-6H2,1-4H3/b8-7-. The molecule has 0 aromatic heterocycles. The molecule has 3 nitrogen and oxygen atoms in total. The molecule has 3 heteroatoms. The van der Waals surface area contributed by atoms with Crippen molar-refractivity contribution < 1.29 is 4.79 Å². The van der Waals surface area contributed by atoms with Crippen LogP contribution in [0.15, 0.2) is 11.8 Å². The maximum absolute atomic E-state index is 10.6. The molecule has 0 radical (unpaired) electrons. The topological polar surface area (TPSA) is 32.3 Å². The summed E-state index contributed by atoms with van der Waals surface area (Å²) < 4.78 is 0. The fourth-order valence-electron chi connectivity index (χ4n) is 0.833. The minimum Gasteiger partial charge on any atom is -0.387 e. The molecule has 0 bridgehead atoms. The normalized spacial score (nSPS) is 11.9. The van der Waals surface area contributed by atoms with Gasteiger partial charge in [-0.1, -0.05) is 0 Å². The highest BCUT2D eigenvalue weighted by Gasteiger charge is 1.91. The highest BCUT2D eigenvalue weighted by atomic mass is 16.1. The first-order chi connectivity index (χ1) is 5.52. The number of carbonyl (C=O) groups is 1. The molecule has 0 saturated carbocycles. The lowest BCUT2D eigenvalue weighted by molar-refractivity contribution is -0.112. The second-order valence-corrected chi connectivity index (χ2v) is 3.17. The van der Waals surface area contributed by atoms with E-state index in [-0.39, 0.29) is 5.78 Å². The molecular formula is C9H18N2O. The zero-order chi connectivity index (χ0) is 9.56. The smallest absolute Gasteiger partial charge is 0.154 e. The molecule has 0 unspecified atom stereocenters. The lowest BCUT2D eigenvalue weighted by Gasteiger charge is -2.10. The summed E-state index contributed by atoms with van der Waals surface area (Å²) in [5.74, 6) is 0.0878. The minimum absolute atomic E-state index is 0.0878. The lowest BCUT2D eigenvalue weighted by Crippen LogP contribution is -2.25. The summed E-state index contributed by atoms with van der Waals surface area (Å²) in [5, 5.41) is 3.14. The molecule has 70 valence electrons. The molecule has 0 spiro atoms. The van der Waals surface area contributed by atoms with E-state index < -0.39 is 0 Å². The molecule has 0 aliphatic carbocycles. The number of allylic oxidation sites excluding steroid dienone is 2. The Morgan fingerprint density at radius 1 is 1.42 bits per heavy atom. The van der Waals surface area contributed by atoms with E-state index in [0.29, 0.717) is 0 Å². The van der Waals surface area contributed by atoms with Crippen LogP contribution < -0.4 is 5.32 Å². The fraction of sp³-hybridized carbons (Fsp3) is 0.667. The molecule has 0 aliphatic heterocycles. The van der Waals surface area contributed by atoms with E-state index in [0.717, 1.165) is 18.8 Å². The number of carbonyl (C=O) groups excluding carboxylic acids is 1. The van der Waals surface area contributed by atoms with Crippen LogP contribution in [0.4, 0.5) is 0 Å². The number of nitrogens with one attached hydrogen (secondary N) is 1. The Labute approximate surface area is 74.4 Å². The van der Waals surface area contributed by atoms with Gasteiger partial charge in [0.25, 0.3) is 0 Å². The van der Waals surface area contributed by atoms with E-state index in [2.05, 4.69) is 10.2 Å². The molecule has 0 aromatic rings. The van der Waals surface area contributed by atoms with Crippen molar-refractivity contribution in [2.24, 2.45) is 0 Å². The highest BCUT2D eigenvalue weighted by Crippen LogP contribution is 1.86. The Hall–Kier alpha value is -0.830. The van der Waals surface area contributed by atoms with Crippen LogP contribution >= 0.6 is 0 Å². The molecule has 0 heterocycles. The summed E-state index contributed by atoms with van der Waals surface area (Å²) in [5.41, 5.74) is 0.935. The third kappa shape index (κ3) is 7.28. The van der Waals surface area contributed by atoms with Crippen molar-refractivity contribution >= 4 is 5.78 Å². The Kier molecular flexibility index (Phi) is 5.37. The molecule has 0 aromatic carbocycles. The second-order valence-electron chi connectivity index (χ2n) is 3.17. The summed E-state index contributed by atoms with van der Waals surface area (Å²) in [6.45, 7) is 5.31. The van der Waals surface area contributed by atoms with Crippen molar-refractivity contribution in [1.29, 1.82) is 0 Å². The average molecular weight is 170 g/mol. The van der Waals surface area contributed by atoms with Crippen LogP contribution in [-0.2, 0) is 4.79 Å². The summed E-state index contributed by atoms with van der Waals surface area (Å²) in [6, 6.07) is 0.